The molecule has 1 amide bonds. The van der Waals surface area contributed by atoms with E-state index in [4.69, 9.17) is 0 Å². The van der Waals surface area contributed by atoms with Gasteiger partial charge in [0.2, 0.25) is 5.91 Å². The topological polar surface area (TPSA) is 74.5 Å². The molecule has 1 aromatic heterocycles. The number of nitrogens with zero attached hydrogens (tertiary/aromatic N) is 4. The third-order valence-electron chi connectivity index (χ3n) is 5.34. The molecule has 2 heterocycles. The van der Waals surface area contributed by atoms with Gasteiger partial charge in [0.1, 0.15) is 5.82 Å². The Bertz CT molecular complexity index is 804. The van der Waals surface area contributed by atoms with Gasteiger partial charge in [0, 0.05) is 46.7 Å². The fourth-order valence-corrected chi connectivity index (χ4v) is 3.80. The Morgan fingerprint density at radius 3 is 2.74 bits per heavy atom. The zero-order valence-electron chi connectivity index (χ0n) is 16.5. The first kappa shape index (κ1) is 19.2. The third kappa shape index (κ3) is 4.59. The monoisotopic (exact) mass is 370 g/mol. The lowest BCUT2D eigenvalue weighted by Gasteiger charge is -2.34. The SMILES string of the molecule is CN=C(NCCn1c(C)nc2ccccc21)N1CCC(CC(=O)NC)CC1. The van der Waals surface area contributed by atoms with E-state index in [1.54, 1.807) is 7.05 Å². The highest BCUT2D eigenvalue weighted by Crippen LogP contribution is 2.20. The maximum absolute atomic E-state index is 11.6. The summed E-state index contributed by atoms with van der Waals surface area (Å²) in [6.07, 6.45) is 2.68. The zero-order chi connectivity index (χ0) is 19.2. The minimum absolute atomic E-state index is 0.138. The first-order valence-corrected chi connectivity index (χ1v) is 9.70. The fourth-order valence-electron chi connectivity index (χ4n) is 3.80. The van der Waals surface area contributed by atoms with Crippen LogP contribution in [0, 0.1) is 12.8 Å². The predicted octanol–water partition coefficient (Wildman–Crippen LogP) is 1.77. The standard InChI is InChI=1S/C20H30N6O/c1-15-24-17-6-4-5-7-18(17)26(15)13-10-23-20(22-3)25-11-8-16(9-12-25)14-19(27)21-2/h4-7,16H,8-14H2,1-3H3,(H,21,27)(H,22,23). The van der Waals surface area contributed by atoms with Crippen molar-refractivity contribution < 1.29 is 4.79 Å². The van der Waals surface area contributed by atoms with Crippen molar-refractivity contribution in [2.75, 3.05) is 33.7 Å². The zero-order valence-corrected chi connectivity index (χ0v) is 16.5. The summed E-state index contributed by atoms with van der Waals surface area (Å²) in [6, 6.07) is 8.23. The van der Waals surface area contributed by atoms with Gasteiger partial charge in [0.15, 0.2) is 5.96 Å². The van der Waals surface area contributed by atoms with Crippen LogP contribution in [-0.4, -0.2) is 60.0 Å². The molecule has 0 spiro atoms. The van der Waals surface area contributed by atoms with Crippen LogP contribution in [0.15, 0.2) is 29.3 Å². The summed E-state index contributed by atoms with van der Waals surface area (Å²) in [4.78, 5) is 22.9. The average molecular weight is 371 g/mol. The van der Waals surface area contributed by atoms with Crippen molar-refractivity contribution in [2.24, 2.45) is 10.9 Å². The van der Waals surface area contributed by atoms with Gasteiger partial charge in [0.25, 0.3) is 0 Å². The number of hydrogen-bond donors (Lipinski definition) is 2. The minimum atomic E-state index is 0.138. The molecule has 27 heavy (non-hydrogen) atoms. The normalized spacial score (nSPS) is 16.0. The predicted molar refractivity (Wildman–Crippen MR) is 109 cm³/mol. The van der Waals surface area contributed by atoms with Crippen LogP contribution in [-0.2, 0) is 11.3 Å². The number of fused-ring (bicyclic) bond motifs is 1. The average Bonchev–Trinajstić information content (AvgIpc) is 3.01. The quantitative estimate of drug-likeness (QED) is 0.621. The number of carbonyl (C=O) groups excluding carboxylic acids is 1. The van der Waals surface area contributed by atoms with E-state index in [-0.39, 0.29) is 5.91 Å². The molecule has 0 atom stereocenters. The number of rotatable bonds is 5. The van der Waals surface area contributed by atoms with Crippen molar-refractivity contribution in [2.45, 2.75) is 32.7 Å². The Hall–Kier alpha value is -2.57. The van der Waals surface area contributed by atoms with Gasteiger partial charge in [-0.05, 0) is 37.8 Å². The van der Waals surface area contributed by atoms with E-state index in [0.717, 1.165) is 56.3 Å². The van der Waals surface area contributed by atoms with Gasteiger partial charge >= 0.3 is 0 Å². The second-order valence-corrected chi connectivity index (χ2v) is 7.08. The molecule has 1 saturated heterocycles. The summed E-state index contributed by atoms with van der Waals surface area (Å²) in [5, 5.41) is 6.20. The maximum Gasteiger partial charge on any atom is 0.220 e. The van der Waals surface area contributed by atoms with E-state index < -0.39 is 0 Å². The Morgan fingerprint density at radius 2 is 2.04 bits per heavy atom. The van der Waals surface area contributed by atoms with Gasteiger partial charge < -0.3 is 20.1 Å². The van der Waals surface area contributed by atoms with Crippen LogP contribution in [0.5, 0.6) is 0 Å². The summed E-state index contributed by atoms with van der Waals surface area (Å²) in [7, 11) is 3.53. The Balaban J connectivity index is 1.51. The van der Waals surface area contributed by atoms with Crippen molar-refractivity contribution in [1.29, 1.82) is 0 Å². The molecule has 0 saturated carbocycles. The van der Waals surface area contributed by atoms with E-state index in [2.05, 4.69) is 42.2 Å². The first-order chi connectivity index (χ1) is 13.1. The number of aryl methyl sites for hydroxylation is 1. The van der Waals surface area contributed by atoms with Crippen molar-refractivity contribution in [3.8, 4) is 0 Å². The molecule has 2 N–H and O–H groups in total. The number of nitrogens with one attached hydrogen (secondary N) is 2. The van der Waals surface area contributed by atoms with E-state index in [1.807, 2.05) is 26.1 Å². The number of para-hydroxylation sites is 2. The lowest BCUT2D eigenvalue weighted by Crippen LogP contribution is -2.46. The number of piperidine rings is 1. The smallest absolute Gasteiger partial charge is 0.220 e. The number of carbonyl (C=O) groups is 1. The molecule has 0 radical (unpaired) electrons. The highest BCUT2D eigenvalue weighted by Gasteiger charge is 2.23. The molecule has 1 aromatic carbocycles. The molecular weight excluding hydrogens is 340 g/mol. The minimum Gasteiger partial charge on any atom is -0.359 e. The summed E-state index contributed by atoms with van der Waals surface area (Å²) in [5.74, 6) is 2.58. The lowest BCUT2D eigenvalue weighted by atomic mass is 9.93. The van der Waals surface area contributed by atoms with E-state index in [1.165, 1.54) is 5.52 Å². The van der Waals surface area contributed by atoms with E-state index in [9.17, 15) is 4.79 Å². The Morgan fingerprint density at radius 1 is 1.30 bits per heavy atom. The maximum atomic E-state index is 11.6. The lowest BCUT2D eigenvalue weighted by molar-refractivity contribution is -0.121. The van der Waals surface area contributed by atoms with Crippen LogP contribution in [0.2, 0.25) is 0 Å². The van der Waals surface area contributed by atoms with Crippen molar-refractivity contribution in [3.05, 3.63) is 30.1 Å². The van der Waals surface area contributed by atoms with E-state index in [0.29, 0.717) is 12.3 Å². The molecule has 3 rings (SSSR count). The molecule has 7 nitrogen and oxygen atoms in total. The molecule has 0 unspecified atom stereocenters. The number of aliphatic imine (C=N–C) groups is 1. The van der Waals surface area contributed by atoms with Crippen LogP contribution >= 0.6 is 0 Å². The van der Waals surface area contributed by atoms with Crippen LogP contribution < -0.4 is 10.6 Å². The molecule has 0 aliphatic carbocycles. The number of benzene rings is 1. The van der Waals surface area contributed by atoms with Crippen LogP contribution in [0.3, 0.4) is 0 Å². The van der Waals surface area contributed by atoms with Gasteiger partial charge in [-0.2, -0.15) is 0 Å². The molecule has 146 valence electrons. The second kappa shape index (κ2) is 8.88. The largest absolute Gasteiger partial charge is 0.359 e. The second-order valence-electron chi connectivity index (χ2n) is 7.08. The van der Waals surface area contributed by atoms with Crippen molar-refractivity contribution in [3.63, 3.8) is 0 Å². The molecule has 7 heteroatoms. The Labute approximate surface area is 160 Å². The summed E-state index contributed by atoms with van der Waals surface area (Å²) in [5.41, 5.74) is 2.21. The number of hydrogen-bond acceptors (Lipinski definition) is 3. The summed E-state index contributed by atoms with van der Waals surface area (Å²) in [6.45, 7) is 5.57. The van der Waals surface area contributed by atoms with E-state index >= 15 is 0 Å². The van der Waals surface area contributed by atoms with Crippen molar-refractivity contribution >= 4 is 22.9 Å². The van der Waals surface area contributed by atoms with Gasteiger partial charge in [-0.25, -0.2) is 4.98 Å². The number of aromatic nitrogens is 2. The number of likely N-dealkylation sites (tertiary alicyclic amines) is 1. The Kier molecular flexibility index (Phi) is 6.32. The third-order valence-corrected chi connectivity index (χ3v) is 5.34. The molecular formula is C20H30N6O. The van der Waals surface area contributed by atoms with Gasteiger partial charge in [-0.1, -0.05) is 12.1 Å². The van der Waals surface area contributed by atoms with Gasteiger partial charge in [-0.15, -0.1) is 0 Å². The summed E-state index contributed by atoms with van der Waals surface area (Å²) >= 11 is 0. The van der Waals surface area contributed by atoms with Gasteiger partial charge in [0.05, 0.1) is 11.0 Å². The van der Waals surface area contributed by atoms with Crippen molar-refractivity contribution in [1.82, 2.24) is 25.1 Å². The van der Waals surface area contributed by atoms with Crippen LogP contribution in [0.4, 0.5) is 0 Å². The molecule has 1 aliphatic heterocycles. The van der Waals surface area contributed by atoms with Gasteiger partial charge in [-0.3, -0.25) is 9.79 Å². The van der Waals surface area contributed by atoms with Crippen LogP contribution in [0.25, 0.3) is 11.0 Å². The molecule has 2 aromatic rings. The molecule has 0 bridgehead atoms. The van der Waals surface area contributed by atoms with Crippen LogP contribution in [0.1, 0.15) is 25.1 Å². The highest BCUT2D eigenvalue weighted by atomic mass is 16.1. The summed E-state index contributed by atoms with van der Waals surface area (Å²) < 4.78 is 2.24. The number of guanidine groups is 1. The number of amides is 1. The highest BCUT2D eigenvalue weighted by molar-refractivity contribution is 5.80. The fraction of sp³-hybridized carbons (Fsp3) is 0.550. The molecule has 1 aliphatic rings. The number of imidazole rings is 1. The first-order valence-electron chi connectivity index (χ1n) is 9.70. The molecule has 1 fully saturated rings.